The van der Waals surface area contributed by atoms with Gasteiger partial charge in [0.2, 0.25) is 5.91 Å². The first-order valence-corrected chi connectivity index (χ1v) is 23.3. The van der Waals surface area contributed by atoms with Gasteiger partial charge in [-0.25, -0.2) is 0 Å². The van der Waals surface area contributed by atoms with Crippen LogP contribution in [0.3, 0.4) is 0 Å². The number of aliphatic hydroxyl groups is 2. The molecule has 0 aromatic heterocycles. The van der Waals surface area contributed by atoms with Crippen LogP contribution in [0.1, 0.15) is 258 Å². The fourth-order valence-corrected chi connectivity index (χ4v) is 7.37. The maximum Gasteiger partial charge on any atom is 0.306 e. The first-order chi connectivity index (χ1) is 25.5. The number of ether oxygens (including phenoxy) is 1. The van der Waals surface area contributed by atoms with Gasteiger partial charge >= 0.3 is 5.97 Å². The summed E-state index contributed by atoms with van der Waals surface area (Å²) in [7, 11) is 0. The van der Waals surface area contributed by atoms with Gasteiger partial charge in [0.25, 0.3) is 0 Å². The molecule has 0 spiro atoms. The largest absolute Gasteiger partial charge is 0.462 e. The molecule has 0 aromatic rings. The summed E-state index contributed by atoms with van der Waals surface area (Å²) in [5.41, 5.74) is 0. The minimum Gasteiger partial charge on any atom is -0.462 e. The van der Waals surface area contributed by atoms with Crippen LogP contribution in [0.4, 0.5) is 0 Å². The molecule has 1 amide bonds. The summed E-state index contributed by atoms with van der Waals surface area (Å²) in [6.45, 7) is 6.46. The zero-order valence-electron chi connectivity index (χ0n) is 35.2. The van der Waals surface area contributed by atoms with E-state index in [1.54, 1.807) is 0 Å². The van der Waals surface area contributed by atoms with Gasteiger partial charge in [-0.15, -0.1) is 0 Å². The highest BCUT2D eigenvalue weighted by Gasteiger charge is 2.24. The first kappa shape index (κ1) is 50.9. The zero-order valence-corrected chi connectivity index (χ0v) is 35.2. The number of amides is 1. The number of esters is 1. The van der Waals surface area contributed by atoms with Gasteiger partial charge in [0, 0.05) is 6.42 Å². The summed E-state index contributed by atoms with van der Waals surface area (Å²) in [5.74, 6) is -0.461. The summed E-state index contributed by atoms with van der Waals surface area (Å²) in [5, 5.41) is 23.6. The monoisotopic (exact) mass is 738 g/mol. The molecule has 0 aliphatic heterocycles. The SMILES string of the molecule is CCCCCCCCCCCCCCCC(=O)OC(CCCCCCCCCC)CC(=O)NC(CO)C(O)CCCCCCCCCCCCCC. The Hall–Kier alpha value is -1.14. The predicted octanol–water partition coefficient (Wildman–Crippen LogP) is 13.2. The van der Waals surface area contributed by atoms with Crippen LogP contribution in [0.25, 0.3) is 0 Å². The second-order valence-corrected chi connectivity index (χ2v) is 16.2. The molecule has 0 heterocycles. The molecule has 0 saturated carbocycles. The van der Waals surface area contributed by atoms with E-state index in [-0.39, 0.29) is 24.9 Å². The minimum atomic E-state index is -0.777. The van der Waals surface area contributed by atoms with Gasteiger partial charge in [-0.05, 0) is 25.7 Å². The highest BCUT2D eigenvalue weighted by Crippen LogP contribution is 2.18. The van der Waals surface area contributed by atoms with Crippen molar-refractivity contribution in [2.24, 2.45) is 0 Å². The number of carbonyl (C=O) groups is 2. The lowest BCUT2D eigenvalue weighted by Gasteiger charge is -2.24. The maximum absolute atomic E-state index is 13.1. The molecule has 0 fully saturated rings. The van der Waals surface area contributed by atoms with Gasteiger partial charge in [0.15, 0.2) is 0 Å². The second-order valence-electron chi connectivity index (χ2n) is 16.2. The zero-order chi connectivity index (χ0) is 38.2. The Labute approximate surface area is 324 Å². The Bertz CT molecular complexity index is 746. The Morgan fingerprint density at radius 2 is 0.808 bits per heavy atom. The topological polar surface area (TPSA) is 95.9 Å². The van der Waals surface area contributed by atoms with Crippen molar-refractivity contribution in [3.05, 3.63) is 0 Å². The average Bonchev–Trinajstić information content (AvgIpc) is 3.13. The first-order valence-electron chi connectivity index (χ1n) is 23.3. The van der Waals surface area contributed by atoms with Crippen LogP contribution in [0.15, 0.2) is 0 Å². The van der Waals surface area contributed by atoms with E-state index in [2.05, 4.69) is 26.1 Å². The van der Waals surface area contributed by atoms with Crippen molar-refractivity contribution in [2.75, 3.05) is 6.61 Å². The van der Waals surface area contributed by atoms with Crippen LogP contribution in [0.2, 0.25) is 0 Å². The van der Waals surface area contributed by atoms with E-state index in [4.69, 9.17) is 4.74 Å². The molecular weight excluding hydrogens is 647 g/mol. The molecule has 0 radical (unpaired) electrons. The third kappa shape index (κ3) is 35.9. The molecule has 3 N–H and O–H groups in total. The Kier molecular flexibility index (Phi) is 40.1. The molecule has 310 valence electrons. The fourth-order valence-electron chi connectivity index (χ4n) is 7.37. The predicted molar refractivity (Wildman–Crippen MR) is 223 cm³/mol. The van der Waals surface area contributed by atoms with Crippen LogP contribution in [-0.4, -0.2) is 46.9 Å². The molecule has 6 heteroatoms. The van der Waals surface area contributed by atoms with E-state index in [1.807, 2.05) is 0 Å². The highest BCUT2D eigenvalue weighted by molar-refractivity contribution is 5.77. The molecule has 6 nitrogen and oxygen atoms in total. The molecule has 0 saturated heterocycles. The molecule has 0 bridgehead atoms. The smallest absolute Gasteiger partial charge is 0.306 e. The summed E-state index contributed by atoms with van der Waals surface area (Å²) in [6, 6.07) is -0.689. The maximum atomic E-state index is 13.1. The molecule has 0 aliphatic carbocycles. The third-order valence-corrected chi connectivity index (χ3v) is 10.9. The summed E-state index contributed by atoms with van der Waals surface area (Å²) >= 11 is 0. The highest BCUT2D eigenvalue weighted by atomic mass is 16.5. The fraction of sp³-hybridized carbons (Fsp3) is 0.957. The van der Waals surface area contributed by atoms with Crippen LogP contribution >= 0.6 is 0 Å². The minimum absolute atomic E-state index is 0.0860. The molecule has 52 heavy (non-hydrogen) atoms. The van der Waals surface area contributed by atoms with Crippen LogP contribution in [0, 0.1) is 0 Å². The van der Waals surface area contributed by atoms with E-state index in [1.165, 1.54) is 167 Å². The number of hydrogen-bond acceptors (Lipinski definition) is 5. The number of hydrogen-bond donors (Lipinski definition) is 3. The Morgan fingerprint density at radius 1 is 0.481 bits per heavy atom. The van der Waals surface area contributed by atoms with Crippen LogP contribution in [-0.2, 0) is 14.3 Å². The number of rotatable bonds is 42. The quantitative estimate of drug-likeness (QED) is 0.0428. The normalized spacial score (nSPS) is 13.2. The van der Waals surface area contributed by atoms with Crippen LogP contribution < -0.4 is 5.32 Å². The second kappa shape index (κ2) is 41.0. The van der Waals surface area contributed by atoms with E-state index >= 15 is 0 Å². The van der Waals surface area contributed by atoms with Crippen molar-refractivity contribution >= 4 is 11.9 Å². The van der Waals surface area contributed by atoms with Gasteiger partial charge < -0.3 is 20.3 Å². The summed E-state index contributed by atoms with van der Waals surface area (Å²) < 4.78 is 5.89. The standard InChI is InChI=1S/C46H91NO5/c1-4-7-10-13-16-19-21-23-25-27-30-33-36-39-46(51)52-42(37-34-31-28-18-15-12-9-6-3)40-45(50)47-43(41-48)44(49)38-35-32-29-26-24-22-20-17-14-11-8-5-2/h42-44,48-49H,4-41H2,1-3H3,(H,47,50). The summed E-state index contributed by atoms with van der Waals surface area (Å²) in [4.78, 5) is 25.9. The van der Waals surface area contributed by atoms with Gasteiger partial charge in [-0.3, -0.25) is 9.59 Å². The van der Waals surface area contributed by atoms with Crippen LogP contribution in [0.5, 0.6) is 0 Å². The Balaban J connectivity index is 4.44. The lowest BCUT2D eigenvalue weighted by molar-refractivity contribution is -0.151. The average molecular weight is 738 g/mol. The van der Waals surface area contributed by atoms with E-state index in [0.29, 0.717) is 19.3 Å². The van der Waals surface area contributed by atoms with Gasteiger partial charge in [-0.2, -0.15) is 0 Å². The number of unbranched alkanes of at least 4 members (excludes halogenated alkanes) is 30. The lowest BCUT2D eigenvalue weighted by atomic mass is 10.0. The molecule has 3 atom stereocenters. The number of nitrogens with one attached hydrogen (secondary N) is 1. The van der Waals surface area contributed by atoms with Crippen molar-refractivity contribution < 1.29 is 24.5 Å². The van der Waals surface area contributed by atoms with E-state index < -0.39 is 18.2 Å². The van der Waals surface area contributed by atoms with Crippen molar-refractivity contribution in [1.29, 1.82) is 0 Å². The summed E-state index contributed by atoms with van der Waals surface area (Å²) in [6.07, 6.45) is 41.6. The molecular formula is C46H91NO5. The molecule has 0 aliphatic rings. The third-order valence-electron chi connectivity index (χ3n) is 10.9. The number of carbonyl (C=O) groups excluding carboxylic acids is 2. The van der Waals surface area contributed by atoms with Gasteiger partial charge in [-0.1, -0.05) is 220 Å². The lowest BCUT2D eigenvalue weighted by Crippen LogP contribution is -2.46. The van der Waals surface area contributed by atoms with E-state index in [0.717, 1.165) is 44.9 Å². The van der Waals surface area contributed by atoms with Gasteiger partial charge in [0.1, 0.15) is 6.10 Å². The van der Waals surface area contributed by atoms with Crippen molar-refractivity contribution in [2.45, 2.75) is 277 Å². The van der Waals surface area contributed by atoms with Crippen molar-refractivity contribution in [3.63, 3.8) is 0 Å². The molecule has 3 unspecified atom stereocenters. The van der Waals surface area contributed by atoms with Crippen molar-refractivity contribution in [3.8, 4) is 0 Å². The van der Waals surface area contributed by atoms with E-state index in [9.17, 15) is 19.8 Å². The number of aliphatic hydroxyl groups excluding tert-OH is 2. The van der Waals surface area contributed by atoms with Crippen molar-refractivity contribution in [1.82, 2.24) is 5.32 Å². The molecule has 0 rings (SSSR count). The van der Waals surface area contributed by atoms with Gasteiger partial charge in [0.05, 0.1) is 25.2 Å². The molecule has 0 aromatic carbocycles. The Morgan fingerprint density at radius 3 is 1.17 bits per heavy atom.